The Bertz CT molecular complexity index is 584. The Labute approximate surface area is 128 Å². The van der Waals surface area contributed by atoms with Crippen molar-refractivity contribution in [3.05, 3.63) is 23.8 Å². The molecule has 5 heteroatoms. The lowest BCUT2D eigenvalue weighted by molar-refractivity contribution is 0.407. The lowest BCUT2D eigenvalue weighted by Crippen LogP contribution is -2.32. The molecule has 1 atom stereocenters. The Morgan fingerprint density at radius 3 is 2.62 bits per heavy atom. The third-order valence-electron chi connectivity index (χ3n) is 4.52. The van der Waals surface area contributed by atoms with Crippen LogP contribution >= 0.6 is 0 Å². The van der Waals surface area contributed by atoms with Crippen molar-refractivity contribution in [2.45, 2.75) is 50.8 Å². The smallest absolute Gasteiger partial charge is 0.243 e. The molecule has 4 nitrogen and oxygen atoms in total. The van der Waals surface area contributed by atoms with Crippen LogP contribution in [0.4, 0.5) is 5.69 Å². The molecular weight excluding hydrogens is 284 g/mol. The minimum Gasteiger partial charge on any atom is -0.398 e. The SMILES string of the molecule is CCc1ccc(S(=O)(=O)N2CCCC(CC)CC2)cc1N. The summed E-state index contributed by atoms with van der Waals surface area (Å²) in [6, 6.07) is 5.12. The van der Waals surface area contributed by atoms with Gasteiger partial charge in [-0.25, -0.2) is 8.42 Å². The molecule has 1 aromatic rings. The standard InChI is InChI=1S/C16H26N2O2S/c1-3-13-6-5-10-18(11-9-13)21(19,20)15-8-7-14(4-2)16(17)12-15/h7-8,12-13H,3-6,9-11,17H2,1-2H3. The van der Waals surface area contributed by atoms with E-state index in [4.69, 9.17) is 5.73 Å². The van der Waals surface area contributed by atoms with Crippen LogP contribution in [0.5, 0.6) is 0 Å². The number of nitrogen functional groups attached to an aromatic ring is 1. The molecule has 0 radical (unpaired) electrons. The van der Waals surface area contributed by atoms with Gasteiger partial charge in [-0.15, -0.1) is 0 Å². The highest BCUT2D eigenvalue weighted by Gasteiger charge is 2.27. The van der Waals surface area contributed by atoms with Gasteiger partial charge in [-0.1, -0.05) is 26.3 Å². The molecular formula is C16H26N2O2S. The maximum Gasteiger partial charge on any atom is 0.243 e. The summed E-state index contributed by atoms with van der Waals surface area (Å²) in [5.74, 6) is 0.651. The zero-order valence-corrected chi connectivity index (χ0v) is 13.8. The maximum atomic E-state index is 12.8. The predicted octanol–water partition coefficient (Wildman–Crippen LogP) is 3.03. The summed E-state index contributed by atoms with van der Waals surface area (Å²) in [4.78, 5) is 0.326. The van der Waals surface area contributed by atoms with Crippen LogP contribution in [-0.2, 0) is 16.4 Å². The van der Waals surface area contributed by atoms with Crippen LogP contribution < -0.4 is 5.73 Å². The molecule has 0 saturated carbocycles. The summed E-state index contributed by atoms with van der Waals surface area (Å²) < 4.78 is 27.1. The Morgan fingerprint density at radius 2 is 2.00 bits per heavy atom. The fourth-order valence-corrected chi connectivity index (χ4v) is 4.52. The van der Waals surface area contributed by atoms with Gasteiger partial charge in [0, 0.05) is 18.8 Å². The van der Waals surface area contributed by atoms with Crippen LogP contribution in [-0.4, -0.2) is 25.8 Å². The number of hydrogen-bond donors (Lipinski definition) is 1. The van der Waals surface area contributed by atoms with E-state index in [1.807, 2.05) is 13.0 Å². The second kappa shape index (κ2) is 6.79. The summed E-state index contributed by atoms with van der Waals surface area (Å²) in [5.41, 5.74) is 7.52. The van der Waals surface area contributed by atoms with E-state index in [-0.39, 0.29) is 0 Å². The fraction of sp³-hybridized carbons (Fsp3) is 0.625. The van der Waals surface area contributed by atoms with Crippen LogP contribution in [0.25, 0.3) is 0 Å². The Balaban J connectivity index is 2.23. The average Bonchev–Trinajstić information content (AvgIpc) is 2.72. The van der Waals surface area contributed by atoms with Gasteiger partial charge in [-0.3, -0.25) is 0 Å². The summed E-state index contributed by atoms with van der Waals surface area (Å²) in [6.45, 7) is 5.43. The molecule has 1 aliphatic rings. The van der Waals surface area contributed by atoms with Gasteiger partial charge in [-0.05, 0) is 49.3 Å². The Hall–Kier alpha value is -1.07. The number of benzene rings is 1. The molecule has 1 saturated heterocycles. The quantitative estimate of drug-likeness (QED) is 0.869. The monoisotopic (exact) mass is 310 g/mol. The van der Waals surface area contributed by atoms with E-state index >= 15 is 0 Å². The van der Waals surface area contributed by atoms with Gasteiger partial charge in [0.1, 0.15) is 0 Å². The van der Waals surface area contributed by atoms with E-state index in [1.165, 1.54) is 0 Å². The minimum absolute atomic E-state index is 0.326. The number of anilines is 1. The Morgan fingerprint density at radius 1 is 1.24 bits per heavy atom. The minimum atomic E-state index is -3.41. The van der Waals surface area contributed by atoms with Gasteiger partial charge in [0.15, 0.2) is 0 Å². The first-order valence-corrected chi connectivity index (χ1v) is 9.31. The third kappa shape index (κ3) is 3.58. The molecule has 2 rings (SSSR count). The first-order chi connectivity index (χ1) is 9.98. The van der Waals surface area contributed by atoms with E-state index in [1.54, 1.807) is 16.4 Å². The molecule has 0 amide bonds. The number of sulfonamides is 1. The number of hydrogen-bond acceptors (Lipinski definition) is 3. The van der Waals surface area contributed by atoms with Gasteiger partial charge < -0.3 is 5.73 Å². The van der Waals surface area contributed by atoms with Crippen molar-refractivity contribution in [3.8, 4) is 0 Å². The highest BCUT2D eigenvalue weighted by atomic mass is 32.2. The Kier molecular flexibility index (Phi) is 5.27. The average molecular weight is 310 g/mol. The zero-order chi connectivity index (χ0) is 15.5. The second-order valence-electron chi connectivity index (χ2n) is 5.82. The van der Waals surface area contributed by atoms with Gasteiger partial charge in [0.05, 0.1) is 4.90 Å². The highest BCUT2D eigenvalue weighted by molar-refractivity contribution is 7.89. The van der Waals surface area contributed by atoms with Crippen molar-refractivity contribution in [2.75, 3.05) is 18.8 Å². The molecule has 1 fully saturated rings. The number of rotatable bonds is 4. The molecule has 0 bridgehead atoms. The summed E-state index contributed by atoms with van der Waals surface area (Å²) in [6.07, 6.45) is 4.97. The predicted molar refractivity (Wildman–Crippen MR) is 86.6 cm³/mol. The van der Waals surface area contributed by atoms with Crippen molar-refractivity contribution < 1.29 is 8.42 Å². The van der Waals surface area contributed by atoms with Crippen LogP contribution in [0.3, 0.4) is 0 Å². The molecule has 1 aromatic carbocycles. The molecule has 118 valence electrons. The molecule has 0 spiro atoms. The molecule has 1 aliphatic heterocycles. The first kappa shape index (κ1) is 16.3. The summed E-state index contributed by atoms with van der Waals surface area (Å²) in [5, 5.41) is 0. The first-order valence-electron chi connectivity index (χ1n) is 7.87. The fourth-order valence-electron chi connectivity index (χ4n) is 2.99. The van der Waals surface area contributed by atoms with E-state index in [2.05, 4.69) is 6.92 Å². The van der Waals surface area contributed by atoms with E-state index in [0.717, 1.165) is 37.7 Å². The van der Waals surface area contributed by atoms with Gasteiger partial charge >= 0.3 is 0 Å². The van der Waals surface area contributed by atoms with Gasteiger partial charge in [-0.2, -0.15) is 4.31 Å². The van der Waals surface area contributed by atoms with E-state index in [0.29, 0.717) is 29.6 Å². The normalized spacial score (nSPS) is 21.1. The van der Waals surface area contributed by atoms with Crippen LogP contribution in [0.1, 0.15) is 45.1 Å². The summed E-state index contributed by atoms with van der Waals surface area (Å²) >= 11 is 0. The van der Waals surface area contributed by atoms with Crippen LogP contribution in [0, 0.1) is 5.92 Å². The largest absolute Gasteiger partial charge is 0.398 e. The van der Waals surface area contributed by atoms with Crippen molar-refractivity contribution in [1.29, 1.82) is 0 Å². The number of nitrogens with two attached hydrogens (primary N) is 1. The van der Waals surface area contributed by atoms with E-state index in [9.17, 15) is 8.42 Å². The van der Waals surface area contributed by atoms with Crippen molar-refractivity contribution in [3.63, 3.8) is 0 Å². The third-order valence-corrected chi connectivity index (χ3v) is 6.41. The van der Waals surface area contributed by atoms with E-state index < -0.39 is 10.0 Å². The van der Waals surface area contributed by atoms with Gasteiger partial charge in [0.25, 0.3) is 0 Å². The molecule has 0 aromatic heterocycles. The lowest BCUT2D eigenvalue weighted by Gasteiger charge is -2.20. The number of aryl methyl sites for hydroxylation is 1. The van der Waals surface area contributed by atoms with Crippen LogP contribution in [0.15, 0.2) is 23.1 Å². The number of nitrogens with zero attached hydrogens (tertiary/aromatic N) is 1. The topological polar surface area (TPSA) is 63.4 Å². The maximum absolute atomic E-state index is 12.8. The van der Waals surface area contributed by atoms with Crippen molar-refractivity contribution in [1.82, 2.24) is 4.31 Å². The van der Waals surface area contributed by atoms with Crippen molar-refractivity contribution in [2.24, 2.45) is 5.92 Å². The molecule has 1 unspecified atom stereocenters. The van der Waals surface area contributed by atoms with Crippen LogP contribution in [0.2, 0.25) is 0 Å². The summed E-state index contributed by atoms with van der Waals surface area (Å²) in [7, 11) is -3.41. The lowest BCUT2D eigenvalue weighted by atomic mass is 9.98. The molecule has 21 heavy (non-hydrogen) atoms. The molecule has 0 aliphatic carbocycles. The highest BCUT2D eigenvalue weighted by Crippen LogP contribution is 2.26. The van der Waals surface area contributed by atoms with Crippen molar-refractivity contribution >= 4 is 15.7 Å². The molecule has 1 heterocycles. The zero-order valence-electron chi connectivity index (χ0n) is 13.0. The molecule has 2 N–H and O–H groups in total. The second-order valence-corrected chi connectivity index (χ2v) is 7.76. The van der Waals surface area contributed by atoms with Gasteiger partial charge in [0.2, 0.25) is 10.0 Å².